The lowest BCUT2D eigenvalue weighted by Crippen LogP contribution is -2.40. The summed E-state index contributed by atoms with van der Waals surface area (Å²) in [5.41, 5.74) is 0. The molecule has 0 amide bonds. The average molecular weight is 328 g/mol. The molecule has 0 saturated heterocycles. The zero-order valence-electron chi connectivity index (χ0n) is 13.9. The molecule has 4 heteroatoms. The van der Waals surface area contributed by atoms with Gasteiger partial charge in [0.15, 0.2) is 5.75 Å². The van der Waals surface area contributed by atoms with Crippen LogP contribution in [-0.4, -0.2) is 19.0 Å². The number of rotatable bonds is 8. The zero-order chi connectivity index (χ0) is 16.5. The van der Waals surface area contributed by atoms with Crippen LogP contribution < -0.4 is 9.62 Å². The van der Waals surface area contributed by atoms with Crippen molar-refractivity contribution in [3.05, 3.63) is 60.7 Å². The Morgan fingerprint density at radius 2 is 1.33 bits per heavy atom. The Kier molecular flexibility index (Phi) is 6.10. The van der Waals surface area contributed by atoms with Crippen molar-refractivity contribution in [1.29, 1.82) is 0 Å². The van der Waals surface area contributed by atoms with Gasteiger partial charge in [-0.05, 0) is 37.1 Å². The number of hydrogen-bond acceptors (Lipinski definition) is 4. The van der Waals surface area contributed by atoms with Gasteiger partial charge in [0.05, 0.1) is 6.61 Å². The van der Waals surface area contributed by atoms with E-state index in [4.69, 9.17) is 19.2 Å². The van der Waals surface area contributed by atoms with E-state index in [1.54, 1.807) is 0 Å². The normalized spacial score (nSPS) is 16.5. The molecule has 128 valence electrons. The molecule has 2 aromatic carbocycles. The lowest BCUT2D eigenvalue weighted by Gasteiger charge is -2.34. The molecule has 1 aliphatic rings. The van der Waals surface area contributed by atoms with E-state index in [9.17, 15) is 0 Å². The van der Waals surface area contributed by atoms with Gasteiger partial charge in [-0.2, -0.15) is 4.89 Å². The van der Waals surface area contributed by atoms with Crippen LogP contribution in [0.3, 0.4) is 0 Å². The molecule has 2 aromatic rings. The highest BCUT2D eigenvalue weighted by Gasteiger charge is 2.36. The minimum atomic E-state index is -0.672. The third-order valence-electron chi connectivity index (χ3n) is 4.11. The van der Waals surface area contributed by atoms with E-state index in [1.165, 1.54) is 6.42 Å². The molecule has 3 rings (SSSR count). The van der Waals surface area contributed by atoms with Gasteiger partial charge in [-0.1, -0.05) is 42.8 Å². The minimum absolute atomic E-state index is 0.465. The Morgan fingerprint density at radius 1 is 0.708 bits per heavy atom. The van der Waals surface area contributed by atoms with Gasteiger partial charge < -0.3 is 14.4 Å². The van der Waals surface area contributed by atoms with Crippen molar-refractivity contribution in [3.8, 4) is 11.5 Å². The lowest BCUT2D eigenvalue weighted by atomic mass is 9.94. The van der Waals surface area contributed by atoms with Gasteiger partial charge in [-0.3, -0.25) is 0 Å². The molecule has 4 nitrogen and oxygen atoms in total. The second-order valence-corrected chi connectivity index (χ2v) is 5.96. The Labute approximate surface area is 143 Å². The first kappa shape index (κ1) is 16.8. The highest BCUT2D eigenvalue weighted by atomic mass is 17.2. The molecule has 0 radical (unpaired) electrons. The van der Waals surface area contributed by atoms with Gasteiger partial charge >= 0.3 is 0 Å². The Balaban J connectivity index is 1.49. The maximum Gasteiger partial charge on any atom is 0.213 e. The third kappa shape index (κ3) is 4.98. The Morgan fingerprint density at radius 3 is 2.00 bits per heavy atom. The second kappa shape index (κ2) is 8.71. The summed E-state index contributed by atoms with van der Waals surface area (Å²) in [7, 11) is 0. The van der Waals surface area contributed by atoms with E-state index in [0.29, 0.717) is 19.0 Å². The summed E-state index contributed by atoms with van der Waals surface area (Å²) in [6.07, 6.45) is 5.05. The summed E-state index contributed by atoms with van der Waals surface area (Å²) in [5.74, 6) is 0.862. The van der Waals surface area contributed by atoms with Gasteiger partial charge in [-0.25, -0.2) is 0 Å². The van der Waals surface area contributed by atoms with Crippen LogP contribution in [0.2, 0.25) is 0 Å². The molecule has 0 aromatic heterocycles. The van der Waals surface area contributed by atoms with Crippen LogP contribution in [0.25, 0.3) is 0 Å². The minimum Gasteiger partial charge on any atom is -0.491 e. The van der Waals surface area contributed by atoms with Crippen LogP contribution in [0.5, 0.6) is 11.5 Å². The molecular weight excluding hydrogens is 304 g/mol. The molecule has 0 N–H and O–H groups in total. The highest BCUT2D eigenvalue weighted by Crippen LogP contribution is 2.33. The van der Waals surface area contributed by atoms with Gasteiger partial charge in [0.2, 0.25) is 5.79 Å². The Bertz CT molecular complexity index is 579. The van der Waals surface area contributed by atoms with Crippen molar-refractivity contribution < 1.29 is 19.2 Å². The smallest absolute Gasteiger partial charge is 0.213 e. The molecule has 0 aliphatic heterocycles. The average Bonchev–Trinajstić information content (AvgIpc) is 2.66. The molecular formula is C20H24O4. The van der Waals surface area contributed by atoms with E-state index in [-0.39, 0.29) is 0 Å². The molecule has 1 saturated carbocycles. The fourth-order valence-electron chi connectivity index (χ4n) is 2.85. The molecule has 1 fully saturated rings. The van der Waals surface area contributed by atoms with E-state index < -0.39 is 5.79 Å². The summed E-state index contributed by atoms with van der Waals surface area (Å²) in [5, 5.41) is 0. The predicted octanol–water partition coefficient (Wildman–Crippen LogP) is 4.75. The van der Waals surface area contributed by atoms with Crippen LogP contribution >= 0.6 is 0 Å². The van der Waals surface area contributed by atoms with Gasteiger partial charge in [-0.15, -0.1) is 0 Å². The standard InChI is InChI=1S/C20H24O4/c1-4-10-18(11-5-1)21-16-17-22-20(14-8-3-9-15-20)24-23-19-12-6-2-7-13-19/h1-2,4-7,10-13H,3,8-9,14-17H2. The largest absolute Gasteiger partial charge is 0.491 e. The lowest BCUT2D eigenvalue weighted by molar-refractivity contribution is -0.389. The first-order valence-electron chi connectivity index (χ1n) is 8.59. The zero-order valence-corrected chi connectivity index (χ0v) is 13.9. The van der Waals surface area contributed by atoms with Crippen LogP contribution in [-0.2, 0) is 9.62 Å². The maximum absolute atomic E-state index is 6.04. The molecule has 1 aliphatic carbocycles. The first-order chi connectivity index (χ1) is 11.9. The van der Waals surface area contributed by atoms with E-state index in [2.05, 4.69) is 0 Å². The van der Waals surface area contributed by atoms with E-state index >= 15 is 0 Å². The first-order valence-corrected chi connectivity index (χ1v) is 8.59. The quantitative estimate of drug-likeness (QED) is 0.303. The fraction of sp³-hybridized carbons (Fsp3) is 0.400. The van der Waals surface area contributed by atoms with E-state index in [0.717, 1.165) is 31.4 Å². The van der Waals surface area contributed by atoms with Crippen molar-refractivity contribution in [1.82, 2.24) is 0 Å². The third-order valence-corrected chi connectivity index (χ3v) is 4.11. The molecule has 0 atom stereocenters. The molecule has 0 spiro atoms. The molecule has 0 heterocycles. The summed E-state index contributed by atoms with van der Waals surface area (Å²) in [6.45, 7) is 0.952. The molecule has 0 bridgehead atoms. The summed E-state index contributed by atoms with van der Waals surface area (Å²) in [6, 6.07) is 19.3. The van der Waals surface area contributed by atoms with Gasteiger partial charge in [0.1, 0.15) is 12.4 Å². The monoisotopic (exact) mass is 328 g/mol. The predicted molar refractivity (Wildman–Crippen MR) is 91.9 cm³/mol. The van der Waals surface area contributed by atoms with Crippen molar-refractivity contribution in [2.75, 3.05) is 13.2 Å². The summed E-state index contributed by atoms with van der Waals surface area (Å²) >= 11 is 0. The Hall–Kier alpha value is -2.04. The highest BCUT2D eigenvalue weighted by molar-refractivity contribution is 5.21. The number of ether oxygens (including phenoxy) is 2. The van der Waals surface area contributed by atoms with Crippen LogP contribution in [0.1, 0.15) is 32.1 Å². The fourth-order valence-corrected chi connectivity index (χ4v) is 2.85. The number of benzene rings is 2. The van der Waals surface area contributed by atoms with Crippen LogP contribution in [0, 0.1) is 0 Å². The van der Waals surface area contributed by atoms with Crippen molar-refractivity contribution in [2.24, 2.45) is 0 Å². The van der Waals surface area contributed by atoms with E-state index in [1.807, 2.05) is 60.7 Å². The van der Waals surface area contributed by atoms with Crippen molar-refractivity contribution >= 4 is 0 Å². The summed E-state index contributed by atoms with van der Waals surface area (Å²) < 4.78 is 11.7. The SMILES string of the molecule is c1ccc(OCCOC2(OOc3ccccc3)CCCCC2)cc1. The van der Waals surface area contributed by atoms with Gasteiger partial charge in [0, 0.05) is 12.8 Å². The van der Waals surface area contributed by atoms with Crippen molar-refractivity contribution in [2.45, 2.75) is 37.9 Å². The van der Waals surface area contributed by atoms with Crippen LogP contribution in [0.15, 0.2) is 60.7 Å². The topological polar surface area (TPSA) is 36.9 Å². The summed E-state index contributed by atoms with van der Waals surface area (Å²) in [4.78, 5) is 11.2. The van der Waals surface area contributed by atoms with Crippen molar-refractivity contribution in [3.63, 3.8) is 0 Å². The second-order valence-electron chi connectivity index (χ2n) is 5.96. The maximum atomic E-state index is 6.04. The van der Waals surface area contributed by atoms with Crippen LogP contribution in [0.4, 0.5) is 0 Å². The molecule has 24 heavy (non-hydrogen) atoms. The number of hydrogen-bond donors (Lipinski definition) is 0. The molecule has 0 unspecified atom stereocenters. The number of para-hydroxylation sites is 2. The van der Waals surface area contributed by atoms with Gasteiger partial charge in [0.25, 0.3) is 0 Å².